The molecule has 0 aromatic heterocycles. The van der Waals surface area contributed by atoms with E-state index in [-0.39, 0.29) is 23.6 Å². The highest BCUT2D eigenvalue weighted by Crippen LogP contribution is 2.49. The SMILES string of the molecule is CN(C)C(=O)Cc1cc(F)c(OCC[C@@H]2CC2C2CCNCC2)cc1F. The molecule has 1 saturated carbocycles. The van der Waals surface area contributed by atoms with Crippen molar-refractivity contribution in [2.75, 3.05) is 33.8 Å². The molecule has 6 heteroatoms. The number of hydrogen-bond acceptors (Lipinski definition) is 3. The summed E-state index contributed by atoms with van der Waals surface area (Å²) < 4.78 is 33.8. The molecule has 0 spiro atoms. The Hall–Kier alpha value is -1.69. The number of piperidine rings is 1. The fourth-order valence-electron chi connectivity index (χ4n) is 3.91. The summed E-state index contributed by atoms with van der Waals surface area (Å²) in [5, 5.41) is 3.39. The molecule has 1 unspecified atom stereocenters. The van der Waals surface area contributed by atoms with Gasteiger partial charge < -0.3 is 15.0 Å². The average Bonchev–Trinajstić information content (AvgIpc) is 3.39. The van der Waals surface area contributed by atoms with E-state index in [4.69, 9.17) is 4.74 Å². The molecule has 2 atom stereocenters. The van der Waals surface area contributed by atoms with E-state index in [0.29, 0.717) is 12.5 Å². The van der Waals surface area contributed by atoms with E-state index < -0.39 is 11.6 Å². The van der Waals surface area contributed by atoms with Crippen LogP contribution in [0, 0.1) is 29.4 Å². The number of carbonyl (C=O) groups excluding carboxylic acids is 1. The van der Waals surface area contributed by atoms with Gasteiger partial charge in [-0.3, -0.25) is 4.79 Å². The molecule has 2 fully saturated rings. The van der Waals surface area contributed by atoms with E-state index >= 15 is 0 Å². The summed E-state index contributed by atoms with van der Waals surface area (Å²) >= 11 is 0. The number of halogens is 2. The van der Waals surface area contributed by atoms with Gasteiger partial charge in [-0.2, -0.15) is 0 Å². The van der Waals surface area contributed by atoms with Crippen LogP contribution in [-0.2, 0) is 11.2 Å². The van der Waals surface area contributed by atoms with Gasteiger partial charge in [0.05, 0.1) is 13.0 Å². The van der Waals surface area contributed by atoms with Gasteiger partial charge >= 0.3 is 0 Å². The summed E-state index contributed by atoms with van der Waals surface area (Å²) in [5.41, 5.74) is 0.0571. The third-order valence-electron chi connectivity index (χ3n) is 5.65. The third kappa shape index (κ3) is 4.72. The number of ether oxygens (including phenoxy) is 1. The van der Waals surface area contributed by atoms with Crippen molar-refractivity contribution < 1.29 is 18.3 Å². The lowest BCUT2D eigenvalue weighted by atomic mass is 9.91. The van der Waals surface area contributed by atoms with Crippen LogP contribution in [-0.4, -0.2) is 44.6 Å². The monoisotopic (exact) mass is 366 g/mol. The van der Waals surface area contributed by atoms with Crippen molar-refractivity contribution in [3.8, 4) is 5.75 Å². The van der Waals surface area contributed by atoms with Crippen LogP contribution in [0.5, 0.6) is 5.75 Å². The van der Waals surface area contributed by atoms with Crippen molar-refractivity contribution in [1.82, 2.24) is 10.2 Å². The summed E-state index contributed by atoms with van der Waals surface area (Å²) in [5.74, 6) is 0.695. The standard InChI is InChI=1S/C20H28F2N2O2/c1-24(2)20(25)11-15-10-18(22)19(12-17(15)21)26-8-5-14-9-16(14)13-3-6-23-7-4-13/h10,12-14,16,23H,3-9,11H2,1-2H3/t14-,16?/m1/s1. The average molecular weight is 366 g/mol. The van der Waals surface area contributed by atoms with E-state index in [1.165, 1.54) is 24.2 Å². The van der Waals surface area contributed by atoms with E-state index in [2.05, 4.69) is 5.32 Å². The lowest BCUT2D eigenvalue weighted by Crippen LogP contribution is -2.29. The fraction of sp³-hybridized carbons (Fsp3) is 0.650. The molecule has 2 aliphatic rings. The summed E-state index contributed by atoms with van der Waals surface area (Å²) in [4.78, 5) is 13.0. The van der Waals surface area contributed by atoms with Crippen LogP contribution >= 0.6 is 0 Å². The molecule has 1 saturated heterocycles. The molecule has 1 heterocycles. The minimum absolute atomic E-state index is 0.0571. The predicted molar refractivity (Wildman–Crippen MR) is 96.1 cm³/mol. The number of rotatable bonds is 7. The highest BCUT2D eigenvalue weighted by atomic mass is 19.1. The Morgan fingerprint density at radius 2 is 1.96 bits per heavy atom. The third-order valence-corrected chi connectivity index (χ3v) is 5.65. The van der Waals surface area contributed by atoms with Crippen LogP contribution in [0.4, 0.5) is 8.78 Å². The topological polar surface area (TPSA) is 41.6 Å². The normalized spacial score (nSPS) is 22.9. The van der Waals surface area contributed by atoms with Gasteiger partial charge in [0.1, 0.15) is 5.82 Å². The maximum Gasteiger partial charge on any atom is 0.226 e. The van der Waals surface area contributed by atoms with Gasteiger partial charge in [0.2, 0.25) is 5.91 Å². The molecule has 0 bridgehead atoms. The minimum Gasteiger partial charge on any atom is -0.490 e. The Labute approximate surface area is 153 Å². The number of nitrogens with one attached hydrogen (secondary N) is 1. The molecule has 144 valence electrons. The summed E-state index contributed by atoms with van der Waals surface area (Å²) in [6.45, 7) is 2.62. The van der Waals surface area contributed by atoms with Gasteiger partial charge in [0.25, 0.3) is 0 Å². The largest absolute Gasteiger partial charge is 0.490 e. The van der Waals surface area contributed by atoms with E-state index in [1.54, 1.807) is 14.1 Å². The van der Waals surface area contributed by atoms with Crippen molar-refractivity contribution >= 4 is 5.91 Å². The predicted octanol–water partition coefficient (Wildman–Crippen LogP) is 3.00. The molecular weight excluding hydrogens is 338 g/mol. The highest BCUT2D eigenvalue weighted by molar-refractivity contribution is 5.78. The number of likely N-dealkylation sites (N-methyl/N-ethyl adjacent to an activating group) is 1. The zero-order chi connectivity index (χ0) is 18.7. The molecule has 1 N–H and O–H groups in total. The molecule has 26 heavy (non-hydrogen) atoms. The lowest BCUT2D eigenvalue weighted by Gasteiger charge is -2.22. The van der Waals surface area contributed by atoms with Gasteiger partial charge in [-0.05, 0) is 62.6 Å². The number of benzene rings is 1. The Kier molecular flexibility index (Phi) is 6.12. The zero-order valence-electron chi connectivity index (χ0n) is 15.6. The van der Waals surface area contributed by atoms with Crippen LogP contribution in [0.25, 0.3) is 0 Å². The van der Waals surface area contributed by atoms with Crippen molar-refractivity contribution in [2.45, 2.75) is 32.1 Å². The number of carbonyl (C=O) groups is 1. The Bertz CT molecular complexity index is 645. The minimum atomic E-state index is -0.612. The van der Waals surface area contributed by atoms with Gasteiger partial charge in [-0.25, -0.2) is 8.78 Å². The molecular formula is C20H28F2N2O2. The number of nitrogens with zero attached hydrogens (tertiary/aromatic N) is 1. The smallest absolute Gasteiger partial charge is 0.226 e. The van der Waals surface area contributed by atoms with Crippen LogP contribution < -0.4 is 10.1 Å². The molecule has 1 aliphatic heterocycles. The summed E-state index contributed by atoms with van der Waals surface area (Å²) in [7, 11) is 3.17. The lowest BCUT2D eigenvalue weighted by molar-refractivity contribution is -0.128. The van der Waals surface area contributed by atoms with E-state index in [0.717, 1.165) is 43.5 Å². The first kappa shape index (κ1) is 19.1. The molecule has 4 nitrogen and oxygen atoms in total. The highest BCUT2D eigenvalue weighted by Gasteiger charge is 2.42. The molecule has 1 aromatic carbocycles. The molecule has 0 radical (unpaired) electrons. The fourth-order valence-corrected chi connectivity index (χ4v) is 3.91. The second-order valence-corrected chi connectivity index (χ2v) is 7.72. The Morgan fingerprint density at radius 1 is 1.23 bits per heavy atom. The van der Waals surface area contributed by atoms with Gasteiger partial charge in [0.15, 0.2) is 11.6 Å². The second kappa shape index (κ2) is 8.33. The summed E-state index contributed by atoms with van der Waals surface area (Å²) in [6.07, 6.45) is 4.45. The molecule has 3 rings (SSSR count). The van der Waals surface area contributed by atoms with Gasteiger partial charge in [-0.15, -0.1) is 0 Å². The summed E-state index contributed by atoms with van der Waals surface area (Å²) in [6, 6.07) is 2.13. The van der Waals surface area contributed by atoms with Crippen LogP contribution in [0.2, 0.25) is 0 Å². The van der Waals surface area contributed by atoms with Crippen LogP contribution in [0.1, 0.15) is 31.2 Å². The van der Waals surface area contributed by atoms with Gasteiger partial charge in [0, 0.05) is 25.7 Å². The molecule has 1 aromatic rings. The van der Waals surface area contributed by atoms with E-state index in [9.17, 15) is 13.6 Å². The number of hydrogen-bond donors (Lipinski definition) is 1. The van der Waals surface area contributed by atoms with Crippen LogP contribution in [0.15, 0.2) is 12.1 Å². The first-order chi connectivity index (χ1) is 12.5. The quantitative estimate of drug-likeness (QED) is 0.807. The number of amides is 1. The zero-order valence-corrected chi connectivity index (χ0v) is 15.6. The second-order valence-electron chi connectivity index (χ2n) is 7.72. The first-order valence-electron chi connectivity index (χ1n) is 9.47. The van der Waals surface area contributed by atoms with Crippen molar-refractivity contribution in [1.29, 1.82) is 0 Å². The van der Waals surface area contributed by atoms with Crippen molar-refractivity contribution in [3.05, 3.63) is 29.3 Å². The molecule has 1 amide bonds. The van der Waals surface area contributed by atoms with Crippen LogP contribution in [0.3, 0.4) is 0 Å². The van der Waals surface area contributed by atoms with Gasteiger partial charge in [-0.1, -0.05) is 0 Å². The first-order valence-corrected chi connectivity index (χ1v) is 9.47. The maximum atomic E-state index is 14.2. The Morgan fingerprint density at radius 3 is 2.65 bits per heavy atom. The molecule has 1 aliphatic carbocycles. The van der Waals surface area contributed by atoms with E-state index in [1.807, 2.05) is 0 Å². The maximum absolute atomic E-state index is 14.2. The van der Waals surface area contributed by atoms with Crippen molar-refractivity contribution in [2.24, 2.45) is 17.8 Å². The Balaban J connectivity index is 1.48. The van der Waals surface area contributed by atoms with Crippen molar-refractivity contribution in [3.63, 3.8) is 0 Å².